The summed E-state index contributed by atoms with van der Waals surface area (Å²) in [5.74, 6) is 0.723. The van der Waals surface area contributed by atoms with Gasteiger partial charge in [-0.05, 0) is 6.92 Å². The average molecular weight is 246 g/mol. The monoisotopic (exact) mass is 246 g/mol. The number of aliphatic hydroxyl groups is 2. The second-order valence-corrected chi connectivity index (χ2v) is 4.40. The smallest absolute Gasteiger partial charge is 0.262 e. The van der Waals surface area contributed by atoms with E-state index >= 15 is 0 Å². The van der Waals surface area contributed by atoms with E-state index in [4.69, 9.17) is 10.2 Å². The lowest BCUT2D eigenvalue weighted by atomic mass is 10.4. The Labute approximate surface area is 99.7 Å². The summed E-state index contributed by atoms with van der Waals surface area (Å²) in [5, 5.41) is 17.7. The van der Waals surface area contributed by atoms with Crippen molar-refractivity contribution in [1.29, 1.82) is 0 Å². The van der Waals surface area contributed by atoms with Crippen LogP contribution in [0, 0.1) is 0 Å². The molecule has 2 N–H and O–H groups in total. The molecule has 0 spiro atoms. The molecule has 0 unspecified atom stereocenters. The van der Waals surface area contributed by atoms with Crippen LogP contribution in [-0.4, -0.2) is 64.6 Å². The van der Waals surface area contributed by atoms with Crippen molar-refractivity contribution in [3.05, 3.63) is 11.1 Å². The van der Waals surface area contributed by atoms with Gasteiger partial charge in [-0.15, -0.1) is 0 Å². The third kappa shape index (κ3) is 3.40. The topological polar surface area (TPSA) is 64.0 Å². The lowest BCUT2D eigenvalue weighted by Crippen LogP contribution is -2.27. The van der Waals surface area contributed by atoms with Crippen LogP contribution in [-0.2, 0) is 4.79 Å². The van der Waals surface area contributed by atoms with Gasteiger partial charge in [0.2, 0.25) is 0 Å². The molecule has 0 radical (unpaired) electrons. The maximum Gasteiger partial charge on any atom is 0.262 e. The first-order valence-corrected chi connectivity index (χ1v) is 6.31. The summed E-state index contributed by atoms with van der Waals surface area (Å²) >= 11 is 1.50. The zero-order valence-corrected chi connectivity index (χ0v) is 10.2. The molecule has 1 heterocycles. The third-order valence-corrected chi connectivity index (χ3v) is 3.36. The van der Waals surface area contributed by atoms with Crippen LogP contribution in [0.2, 0.25) is 0 Å². The van der Waals surface area contributed by atoms with Crippen LogP contribution in [0.15, 0.2) is 11.1 Å². The second kappa shape index (κ2) is 6.78. The molecule has 0 aromatic heterocycles. The van der Waals surface area contributed by atoms with Gasteiger partial charge in [-0.25, -0.2) is 0 Å². The van der Waals surface area contributed by atoms with Crippen molar-refractivity contribution in [2.24, 2.45) is 0 Å². The van der Waals surface area contributed by atoms with Gasteiger partial charge in [0.05, 0.1) is 24.0 Å². The lowest BCUT2D eigenvalue weighted by molar-refractivity contribution is -0.124. The van der Waals surface area contributed by atoms with E-state index in [1.165, 1.54) is 11.8 Å². The van der Waals surface area contributed by atoms with E-state index in [1.807, 2.05) is 6.92 Å². The molecule has 5 nitrogen and oxygen atoms in total. The highest BCUT2D eigenvalue weighted by Crippen LogP contribution is 2.27. The number of hydrogen-bond donors (Lipinski definition) is 2. The van der Waals surface area contributed by atoms with Gasteiger partial charge in [0, 0.05) is 25.8 Å². The van der Waals surface area contributed by atoms with Crippen molar-refractivity contribution in [1.82, 2.24) is 9.80 Å². The zero-order chi connectivity index (χ0) is 12.0. The summed E-state index contributed by atoms with van der Waals surface area (Å²) in [4.78, 5) is 16.0. The van der Waals surface area contributed by atoms with Crippen LogP contribution in [0.3, 0.4) is 0 Å². The van der Waals surface area contributed by atoms with Crippen molar-refractivity contribution in [2.45, 2.75) is 6.92 Å². The summed E-state index contributed by atoms with van der Waals surface area (Å²) in [6.45, 7) is 3.55. The number of nitrogens with zero attached hydrogens (tertiary/aromatic N) is 2. The van der Waals surface area contributed by atoms with E-state index in [9.17, 15) is 4.79 Å². The van der Waals surface area contributed by atoms with Crippen LogP contribution in [0.25, 0.3) is 0 Å². The first-order valence-electron chi connectivity index (χ1n) is 5.32. The van der Waals surface area contributed by atoms with Gasteiger partial charge in [-0.2, -0.15) is 0 Å². The first-order chi connectivity index (χ1) is 7.72. The Morgan fingerprint density at radius 2 is 2.06 bits per heavy atom. The number of carbonyl (C=O) groups excluding carboxylic acids is 1. The van der Waals surface area contributed by atoms with E-state index in [-0.39, 0.29) is 19.1 Å². The van der Waals surface area contributed by atoms with E-state index in [2.05, 4.69) is 0 Å². The molecule has 92 valence electrons. The molecule has 1 rings (SSSR count). The highest BCUT2D eigenvalue weighted by Gasteiger charge is 2.25. The van der Waals surface area contributed by atoms with Crippen LogP contribution in [0.1, 0.15) is 6.92 Å². The molecular weight excluding hydrogens is 228 g/mol. The second-order valence-electron chi connectivity index (χ2n) is 3.41. The Morgan fingerprint density at radius 1 is 1.44 bits per heavy atom. The minimum Gasteiger partial charge on any atom is -0.395 e. The molecule has 0 atom stereocenters. The quantitative estimate of drug-likeness (QED) is 0.628. The van der Waals surface area contributed by atoms with Crippen molar-refractivity contribution >= 4 is 17.7 Å². The molecule has 0 saturated carbocycles. The van der Waals surface area contributed by atoms with Crippen molar-refractivity contribution in [2.75, 3.05) is 38.7 Å². The van der Waals surface area contributed by atoms with Crippen molar-refractivity contribution in [3.8, 4) is 0 Å². The number of carbonyl (C=O) groups is 1. The van der Waals surface area contributed by atoms with E-state index in [1.54, 1.807) is 16.0 Å². The molecule has 1 fully saturated rings. The highest BCUT2D eigenvalue weighted by molar-refractivity contribution is 8.04. The predicted molar refractivity (Wildman–Crippen MR) is 63.7 cm³/mol. The van der Waals surface area contributed by atoms with E-state index in [0.717, 1.165) is 0 Å². The molecule has 0 aromatic rings. The van der Waals surface area contributed by atoms with Crippen LogP contribution in [0.4, 0.5) is 0 Å². The minimum atomic E-state index is 0.0140. The average Bonchev–Trinajstić information content (AvgIpc) is 2.61. The molecule has 16 heavy (non-hydrogen) atoms. The zero-order valence-electron chi connectivity index (χ0n) is 9.43. The Balaban J connectivity index is 2.63. The van der Waals surface area contributed by atoms with Crippen LogP contribution in [0.5, 0.6) is 0 Å². The summed E-state index contributed by atoms with van der Waals surface area (Å²) in [5.41, 5.74) is 0. The van der Waals surface area contributed by atoms with Gasteiger partial charge in [0.15, 0.2) is 0 Å². The fourth-order valence-corrected chi connectivity index (χ4v) is 2.49. The molecule has 0 aromatic carbocycles. The Hall–Kier alpha value is -0.720. The van der Waals surface area contributed by atoms with E-state index in [0.29, 0.717) is 30.4 Å². The molecular formula is C10H18N2O3S. The van der Waals surface area contributed by atoms with Crippen LogP contribution < -0.4 is 0 Å². The van der Waals surface area contributed by atoms with Gasteiger partial charge in [0.25, 0.3) is 5.91 Å². The third-order valence-electron chi connectivity index (χ3n) is 2.33. The molecule has 1 amide bonds. The summed E-state index contributed by atoms with van der Waals surface area (Å²) in [7, 11) is 0. The van der Waals surface area contributed by atoms with Crippen LogP contribution >= 0.6 is 11.8 Å². The molecule has 1 aliphatic heterocycles. The Kier molecular flexibility index (Phi) is 5.65. The number of thioether (sulfide) groups is 1. The SMILES string of the molecule is CCN1CSC(=CN(CCO)CCO)C1=O. The van der Waals surface area contributed by atoms with Gasteiger partial charge in [-0.3, -0.25) is 4.79 Å². The summed E-state index contributed by atoms with van der Waals surface area (Å²) in [6, 6.07) is 0. The molecule has 0 bridgehead atoms. The number of aliphatic hydroxyl groups excluding tert-OH is 2. The Bertz CT molecular complexity index is 265. The fourth-order valence-electron chi connectivity index (χ4n) is 1.41. The molecule has 0 aliphatic carbocycles. The Morgan fingerprint density at radius 3 is 2.50 bits per heavy atom. The minimum absolute atomic E-state index is 0.0140. The number of rotatable bonds is 6. The predicted octanol–water partition coefficient (Wildman–Crippen LogP) is -0.333. The standard InChI is InChI=1S/C10H18N2O3S/c1-2-12-8-16-9(10(12)15)7-11(3-5-13)4-6-14/h7,13-14H,2-6,8H2,1H3. The maximum atomic E-state index is 11.8. The van der Waals surface area contributed by atoms with Crippen molar-refractivity contribution in [3.63, 3.8) is 0 Å². The maximum absolute atomic E-state index is 11.8. The van der Waals surface area contributed by atoms with Gasteiger partial charge in [-0.1, -0.05) is 11.8 Å². The number of likely N-dealkylation sites (N-methyl/N-ethyl adjacent to an activating group) is 1. The highest BCUT2D eigenvalue weighted by atomic mass is 32.2. The normalized spacial score (nSPS) is 18.6. The van der Waals surface area contributed by atoms with Gasteiger partial charge >= 0.3 is 0 Å². The lowest BCUT2D eigenvalue weighted by Gasteiger charge is -2.18. The summed E-state index contributed by atoms with van der Waals surface area (Å²) in [6.07, 6.45) is 1.73. The molecule has 6 heteroatoms. The van der Waals surface area contributed by atoms with Gasteiger partial charge < -0.3 is 20.0 Å². The van der Waals surface area contributed by atoms with Crippen molar-refractivity contribution < 1.29 is 15.0 Å². The first kappa shape index (κ1) is 13.3. The van der Waals surface area contributed by atoms with Gasteiger partial charge in [0.1, 0.15) is 0 Å². The fraction of sp³-hybridized carbons (Fsp3) is 0.700. The summed E-state index contributed by atoms with van der Waals surface area (Å²) < 4.78 is 0. The molecule has 1 saturated heterocycles. The molecule has 1 aliphatic rings. The number of hydrogen-bond acceptors (Lipinski definition) is 5. The van der Waals surface area contributed by atoms with E-state index < -0.39 is 0 Å². The largest absolute Gasteiger partial charge is 0.395 e. The number of amides is 1.